The minimum absolute atomic E-state index is 0.0821. The van der Waals surface area contributed by atoms with Gasteiger partial charge in [0.25, 0.3) is 17.6 Å². The number of benzene rings is 1. The van der Waals surface area contributed by atoms with Gasteiger partial charge in [0, 0.05) is 42.8 Å². The Kier molecular flexibility index (Phi) is 5.13. The van der Waals surface area contributed by atoms with Gasteiger partial charge in [0.05, 0.1) is 5.56 Å². The molecule has 0 aliphatic carbocycles. The van der Waals surface area contributed by atoms with Crippen molar-refractivity contribution in [3.8, 4) is 11.5 Å². The molecule has 0 unspecified atom stereocenters. The molecule has 0 saturated carbocycles. The number of tetrazole rings is 1. The van der Waals surface area contributed by atoms with Crippen molar-refractivity contribution in [3.05, 3.63) is 59.8 Å². The zero-order valence-corrected chi connectivity index (χ0v) is 17.7. The molecule has 3 aromatic heterocycles. The number of hydrogen-bond acceptors (Lipinski definition) is 7. The van der Waals surface area contributed by atoms with Crippen LogP contribution in [0.2, 0.25) is 0 Å². The first-order chi connectivity index (χ1) is 16.0. The number of H-pyrrole nitrogens is 2. The van der Waals surface area contributed by atoms with Gasteiger partial charge in [-0.2, -0.15) is 0 Å². The second-order valence-electron chi connectivity index (χ2n) is 7.84. The normalized spacial score (nSPS) is 16.2. The van der Waals surface area contributed by atoms with E-state index in [-0.39, 0.29) is 24.1 Å². The fraction of sp³-hybridized carbons (Fsp3) is 0.227. The Morgan fingerprint density at radius 2 is 1.88 bits per heavy atom. The molecule has 11 nitrogen and oxygen atoms in total. The second kappa shape index (κ2) is 8.26. The topological polar surface area (TPSA) is 141 Å². The standard InChI is InChI=1S/C22H20N8O3/c1-13-12-29(21(32)14-5-3-2-4-6-14)9-10-30(13)22(33)18(31)16-11-23-19-15(16)7-8-17(24-19)20-25-27-28-26-20/h2-8,11,13H,9-10,12H2,1H3,(H,23,24)(H,25,26,27,28)/t13-/m1/s1. The summed E-state index contributed by atoms with van der Waals surface area (Å²) in [6.07, 6.45) is 1.49. The van der Waals surface area contributed by atoms with Crippen molar-refractivity contribution in [1.29, 1.82) is 0 Å². The highest BCUT2D eigenvalue weighted by molar-refractivity contribution is 6.44. The molecular weight excluding hydrogens is 424 g/mol. The maximum atomic E-state index is 13.1. The highest BCUT2D eigenvalue weighted by atomic mass is 16.2. The molecule has 2 N–H and O–H groups in total. The quantitative estimate of drug-likeness (QED) is 0.357. The number of nitrogens with zero attached hydrogens (tertiary/aromatic N) is 6. The van der Waals surface area contributed by atoms with Crippen LogP contribution in [0.15, 0.2) is 48.7 Å². The lowest BCUT2D eigenvalue weighted by Crippen LogP contribution is -2.56. The van der Waals surface area contributed by atoms with Gasteiger partial charge in [0.2, 0.25) is 0 Å². The Hall–Kier alpha value is -4.41. The van der Waals surface area contributed by atoms with Crippen LogP contribution in [0.3, 0.4) is 0 Å². The number of fused-ring (bicyclic) bond motifs is 1. The summed E-state index contributed by atoms with van der Waals surface area (Å²) in [5.41, 5.74) is 1.81. The summed E-state index contributed by atoms with van der Waals surface area (Å²) >= 11 is 0. The first kappa shape index (κ1) is 20.5. The number of hydrogen-bond donors (Lipinski definition) is 2. The van der Waals surface area contributed by atoms with Crippen LogP contribution in [-0.4, -0.2) is 83.7 Å². The van der Waals surface area contributed by atoms with Crippen LogP contribution >= 0.6 is 0 Å². The molecule has 2 amide bonds. The molecule has 4 heterocycles. The molecular formula is C22H20N8O3. The maximum absolute atomic E-state index is 13.1. The van der Waals surface area contributed by atoms with E-state index < -0.39 is 11.7 Å². The zero-order valence-electron chi connectivity index (χ0n) is 17.7. The summed E-state index contributed by atoms with van der Waals surface area (Å²) in [5, 5.41) is 14.0. The summed E-state index contributed by atoms with van der Waals surface area (Å²) in [6, 6.07) is 12.1. The number of piperazine rings is 1. The first-order valence-electron chi connectivity index (χ1n) is 10.4. The molecule has 1 aliphatic rings. The minimum atomic E-state index is -0.619. The molecule has 5 rings (SSSR count). The Morgan fingerprint density at radius 1 is 1.06 bits per heavy atom. The molecule has 0 radical (unpaired) electrons. The van der Waals surface area contributed by atoms with Crippen LogP contribution in [0, 0.1) is 0 Å². The molecule has 1 saturated heterocycles. The Morgan fingerprint density at radius 3 is 2.61 bits per heavy atom. The smallest absolute Gasteiger partial charge is 0.295 e. The van der Waals surface area contributed by atoms with Crippen molar-refractivity contribution in [2.75, 3.05) is 19.6 Å². The van der Waals surface area contributed by atoms with E-state index in [1.165, 1.54) is 11.1 Å². The van der Waals surface area contributed by atoms with Crippen molar-refractivity contribution < 1.29 is 14.4 Å². The second-order valence-corrected chi connectivity index (χ2v) is 7.84. The fourth-order valence-electron chi connectivity index (χ4n) is 4.04. The third-order valence-corrected chi connectivity index (χ3v) is 5.76. The van der Waals surface area contributed by atoms with E-state index in [1.54, 1.807) is 29.2 Å². The number of ketones is 1. The zero-order chi connectivity index (χ0) is 22.9. The van der Waals surface area contributed by atoms with Crippen molar-refractivity contribution in [3.63, 3.8) is 0 Å². The number of amides is 2. The summed E-state index contributed by atoms with van der Waals surface area (Å²) in [6.45, 7) is 2.84. The molecule has 1 aromatic carbocycles. The summed E-state index contributed by atoms with van der Waals surface area (Å²) < 4.78 is 0. The van der Waals surface area contributed by atoms with Crippen molar-refractivity contribution in [2.24, 2.45) is 0 Å². The van der Waals surface area contributed by atoms with Crippen molar-refractivity contribution in [1.82, 2.24) is 40.4 Å². The van der Waals surface area contributed by atoms with Crippen LogP contribution in [0.1, 0.15) is 27.6 Å². The first-order valence-corrected chi connectivity index (χ1v) is 10.4. The van der Waals surface area contributed by atoms with E-state index in [1.807, 2.05) is 25.1 Å². The maximum Gasteiger partial charge on any atom is 0.295 e. The number of carbonyl (C=O) groups excluding carboxylic acids is 3. The minimum Gasteiger partial charge on any atom is -0.345 e. The lowest BCUT2D eigenvalue weighted by Gasteiger charge is -2.39. The largest absolute Gasteiger partial charge is 0.345 e. The Balaban J connectivity index is 1.31. The molecule has 1 aliphatic heterocycles. The molecule has 1 atom stereocenters. The van der Waals surface area contributed by atoms with E-state index >= 15 is 0 Å². The summed E-state index contributed by atoms with van der Waals surface area (Å²) in [5.74, 6) is -0.904. The van der Waals surface area contributed by atoms with Gasteiger partial charge in [-0.3, -0.25) is 14.4 Å². The Labute approximate surface area is 187 Å². The number of pyridine rings is 1. The number of carbonyl (C=O) groups is 3. The van der Waals surface area contributed by atoms with E-state index in [9.17, 15) is 14.4 Å². The van der Waals surface area contributed by atoms with Crippen LogP contribution in [0.5, 0.6) is 0 Å². The van der Waals surface area contributed by atoms with Gasteiger partial charge in [-0.25, -0.2) is 10.1 Å². The summed E-state index contributed by atoms with van der Waals surface area (Å²) in [4.78, 5) is 49.4. The molecule has 11 heteroatoms. The number of aromatic nitrogens is 6. The SMILES string of the molecule is C[C@@H]1CN(C(=O)c2ccccc2)CCN1C(=O)C(=O)c1c[nH]c2nc(-c3nnn[nH]3)ccc12. The molecule has 166 valence electrons. The molecule has 0 spiro atoms. The van der Waals surface area contributed by atoms with E-state index in [0.29, 0.717) is 41.2 Å². The number of nitrogens with one attached hydrogen (secondary N) is 2. The van der Waals surface area contributed by atoms with Gasteiger partial charge in [-0.15, -0.1) is 5.10 Å². The van der Waals surface area contributed by atoms with E-state index in [4.69, 9.17) is 0 Å². The van der Waals surface area contributed by atoms with Gasteiger partial charge in [-0.1, -0.05) is 18.2 Å². The van der Waals surface area contributed by atoms with Crippen LogP contribution in [0.4, 0.5) is 0 Å². The van der Waals surface area contributed by atoms with Crippen LogP contribution in [0.25, 0.3) is 22.6 Å². The van der Waals surface area contributed by atoms with Gasteiger partial charge in [0.15, 0.2) is 5.82 Å². The lowest BCUT2D eigenvalue weighted by molar-refractivity contribution is -0.130. The Bertz CT molecular complexity index is 1330. The van der Waals surface area contributed by atoms with E-state index in [0.717, 1.165) is 0 Å². The predicted octanol–water partition coefficient (Wildman–Crippen LogP) is 1.30. The van der Waals surface area contributed by atoms with Crippen molar-refractivity contribution in [2.45, 2.75) is 13.0 Å². The summed E-state index contributed by atoms with van der Waals surface area (Å²) in [7, 11) is 0. The lowest BCUT2D eigenvalue weighted by atomic mass is 10.1. The average Bonchev–Trinajstić information content (AvgIpc) is 3.53. The van der Waals surface area contributed by atoms with Gasteiger partial charge in [0.1, 0.15) is 11.3 Å². The fourth-order valence-corrected chi connectivity index (χ4v) is 4.04. The number of rotatable bonds is 4. The molecule has 0 bridgehead atoms. The molecule has 4 aromatic rings. The van der Waals surface area contributed by atoms with Gasteiger partial charge < -0.3 is 14.8 Å². The number of aromatic amines is 2. The third kappa shape index (κ3) is 3.73. The molecule has 33 heavy (non-hydrogen) atoms. The van der Waals surface area contributed by atoms with Crippen molar-refractivity contribution >= 4 is 28.6 Å². The average molecular weight is 444 g/mol. The third-order valence-electron chi connectivity index (χ3n) is 5.76. The number of Topliss-reactive ketones (excluding diaryl/α,β-unsaturated/α-hetero) is 1. The molecule has 1 fully saturated rings. The monoisotopic (exact) mass is 444 g/mol. The van der Waals surface area contributed by atoms with Crippen LogP contribution < -0.4 is 0 Å². The highest BCUT2D eigenvalue weighted by Crippen LogP contribution is 2.22. The highest BCUT2D eigenvalue weighted by Gasteiger charge is 2.34. The van der Waals surface area contributed by atoms with Gasteiger partial charge in [-0.05, 0) is 41.6 Å². The van der Waals surface area contributed by atoms with Gasteiger partial charge >= 0.3 is 0 Å². The van der Waals surface area contributed by atoms with Crippen LogP contribution in [-0.2, 0) is 4.79 Å². The predicted molar refractivity (Wildman–Crippen MR) is 117 cm³/mol. The van der Waals surface area contributed by atoms with E-state index in [2.05, 4.69) is 30.6 Å².